The summed E-state index contributed by atoms with van der Waals surface area (Å²) in [5.74, 6) is -1.18. The number of rotatable bonds is 2. The summed E-state index contributed by atoms with van der Waals surface area (Å²) in [5.41, 5.74) is 0. The average molecular weight is 177 g/mol. The molecule has 0 spiro atoms. The van der Waals surface area contributed by atoms with Gasteiger partial charge in [-0.3, -0.25) is 0 Å². The van der Waals surface area contributed by atoms with E-state index in [0.717, 1.165) is 0 Å². The lowest BCUT2D eigenvalue weighted by atomic mass is 10.3. The highest BCUT2D eigenvalue weighted by Crippen LogP contribution is 2.15. The Morgan fingerprint density at radius 2 is 2.09 bits per heavy atom. The van der Waals surface area contributed by atoms with Gasteiger partial charge in [0.25, 0.3) is 0 Å². The predicted octanol–water partition coefficient (Wildman–Crippen LogP) is 0.604. The SMILES string of the molecule is CC(C)(C)[S@+]([O-])/N=C/C(=O)O. The summed E-state index contributed by atoms with van der Waals surface area (Å²) in [6.45, 7) is 5.17. The molecule has 4 nitrogen and oxygen atoms in total. The van der Waals surface area contributed by atoms with E-state index in [0.29, 0.717) is 6.21 Å². The zero-order chi connectivity index (χ0) is 9.07. The maximum absolute atomic E-state index is 11.0. The summed E-state index contributed by atoms with van der Waals surface area (Å²) in [7, 11) is 0. The molecular formula is C6H11NO3S. The number of hydrogen-bond acceptors (Lipinski definition) is 3. The van der Waals surface area contributed by atoms with Crippen molar-refractivity contribution in [2.45, 2.75) is 25.5 Å². The number of carboxylic acids is 1. The van der Waals surface area contributed by atoms with Crippen LogP contribution >= 0.6 is 0 Å². The number of hydrogen-bond donors (Lipinski definition) is 1. The van der Waals surface area contributed by atoms with Gasteiger partial charge in [0, 0.05) is 0 Å². The van der Waals surface area contributed by atoms with Crippen molar-refractivity contribution in [1.82, 2.24) is 0 Å². The molecule has 0 aromatic rings. The van der Waals surface area contributed by atoms with E-state index in [1.165, 1.54) is 0 Å². The first-order chi connectivity index (χ1) is 4.84. The van der Waals surface area contributed by atoms with Gasteiger partial charge in [0.05, 0.1) is 0 Å². The molecule has 0 heterocycles. The highest BCUT2D eigenvalue weighted by atomic mass is 32.2. The number of nitrogens with zero attached hydrogens (tertiary/aromatic N) is 1. The molecule has 5 heteroatoms. The van der Waals surface area contributed by atoms with Crippen molar-refractivity contribution >= 4 is 23.5 Å². The second-order valence-electron chi connectivity index (χ2n) is 2.93. The summed E-state index contributed by atoms with van der Waals surface area (Å²) in [4.78, 5) is 9.95. The van der Waals surface area contributed by atoms with E-state index >= 15 is 0 Å². The van der Waals surface area contributed by atoms with Crippen molar-refractivity contribution in [3.05, 3.63) is 0 Å². The first kappa shape index (κ1) is 10.4. The van der Waals surface area contributed by atoms with Crippen LogP contribution in [-0.2, 0) is 16.2 Å². The molecule has 0 aliphatic heterocycles. The highest BCUT2D eigenvalue weighted by Gasteiger charge is 2.25. The molecular weight excluding hydrogens is 166 g/mol. The molecule has 11 heavy (non-hydrogen) atoms. The van der Waals surface area contributed by atoms with Crippen LogP contribution in [-0.4, -0.2) is 26.6 Å². The van der Waals surface area contributed by atoms with E-state index in [1.54, 1.807) is 20.8 Å². The Bertz CT molecular complexity index is 173. The molecule has 0 aliphatic carbocycles. The van der Waals surface area contributed by atoms with Gasteiger partial charge in [0.15, 0.2) is 6.21 Å². The van der Waals surface area contributed by atoms with Crippen LogP contribution in [0.5, 0.6) is 0 Å². The van der Waals surface area contributed by atoms with Crippen LogP contribution in [0, 0.1) is 0 Å². The minimum atomic E-state index is -1.47. The monoisotopic (exact) mass is 177 g/mol. The fourth-order valence-electron chi connectivity index (χ4n) is 0.251. The minimum Gasteiger partial charge on any atom is -0.591 e. The van der Waals surface area contributed by atoms with Gasteiger partial charge in [-0.05, 0) is 20.8 Å². The zero-order valence-corrected chi connectivity index (χ0v) is 7.51. The lowest BCUT2D eigenvalue weighted by Crippen LogP contribution is -2.26. The van der Waals surface area contributed by atoms with Crippen LogP contribution < -0.4 is 0 Å². The number of aliphatic carboxylic acids is 1. The lowest BCUT2D eigenvalue weighted by Gasteiger charge is -2.17. The lowest BCUT2D eigenvalue weighted by molar-refractivity contribution is -0.128. The Morgan fingerprint density at radius 3 is 2.36 bits per heavy atom. The third kappa shape index (κ3) is 4.80. The third-order valence-corrected chi connectivity index (χ3v) is 2.13. The van der Waals surface area contributed by atoms with Crippen molar-refractivity contribution in [3.8, 4) is 0 Å². The summed E-state index contributed by atoms with van der Waals surface area (Å²) in [5, 5.41) is 8.14. The molecule has 0 saturated heterocycles. The molecule has 0 radical (unpaired) electrons. The largest absolute Gasteiger partial charge is 0.591 e. The van der Waals surface area contributed by atoms with E-state index < -0.39 is 22.1 Å². The maximum Gasteiger partial charge on any atom is 0.351 e. The number of carbonyl (C=O) groups is 1. The molecule has 0 aromatic carbocycles. The van der Waals surface area contributed by atoms with Crippen molar-refractivity contribution in [2.75, 3.05) is 0 Å². The molecule has 0 fully saturated rings. The van der Waals surface area contributed by atoms with Crippen LogP contribution in [0.2, 0.25) is 0 Å². The van der Waals surface area contributed by atoms with E-state index in [9.17, 15) is 9.35 Å². The molecule has 0 amide bonds. The highest BCUT2D eigenvalue weighted by molar-refractivity contribution is 7.91. The Morgan fingerprint density at radius 1 is 1.64 bits per heavy atom. The molecule has 0 aliphatic rings. The summed E-state index contributed by atoms with van der Waals surface area (Å²) >= 11 is -1.47. The molecule has 0 aromatic heterocycles. The molecule has 0 bridgehead atoms. The van der Waals surface area contributed by atoms with Crippen LogP contribution in [0.3, 0.4) is 0 Å². The van der Waals surface area contributed by atoms with Crippen LogP contribution in [0.15, 0.2) is 4.40 Å². The van der Waals surface area contributed by atoms with Gasteiger partial charge in [-0.2, -0.15) is 0 Å². The molecule has 0 rings (SSSR count). The van der Waals surface area contributed by atoms with Crippen molar-refractivity contribution in [2.24, 2.45) is 4.40 Å². The van der Waals surface area contributed by atoms with Gasteiger partial charge in [-0.1, -0.05) is 4.40 Å². The summed E-state index contributed by atoms with van der Waals surface area (Å²) in [6.07, 6.45) is 0.654. The maximum atomic E-state index is 11.0. The van der Waals surface area contributed by atoms with Crippen molar-refractivity contribution in [3.63, 3.8) is 0 Å². The topological polar surface area (TPSA) is 72.7 Å². The van der Waals surface area contributed by atoms with E-state index in [1.807, 2.05) is 0 Å². The molecule has 0 saturated carbocycles. The molecule has 1 N–H and O–H groups in total. The van der Waals surface area contributed by atoms with Gasteiger partial charge >= 0.3 is 5.97 Å². The fraction of sp³-hybridized carbons (Fsp3) is 0.667. The first-order valence-corrected chi connectivity index (χ1v) is 4.13. The van der Waals surface area contributed by atoms with Crippen molar-refractivity contribution in [1.29, 1.82) is 0 Å². The number of carboxylic acid groups (broad SMARTS) is 1. The Hall–Kier alpha value is -0.550. The fourth-order valence-corrected chi connectivity index (χ4v) is 0.753. The van der Waals surface area contributed by atoms with Gasteiger partial charge < -0.3 is 9.66 Å². The first-order valence-electron chi connectivity index (χ1n) is 3.03. The quantitative estimate of drug-likeness (QED) is 0.496. The van der Waals surface area contributed by atoms with Crippen LogP contribution in [0.25, 0.3) is 0 Å². The Kier molecular flexibility index (Phi) is 3.54. The van der Waals surface area contributed by atoms with Crippen molar-refractivity contribution < 1.29 is 14.5 Å². The van der Waals surface area contributed by atoms with Gasteiger partial charge in [-0.15, -0.1) is 0 Å². The summed E-state index contributed by atoms with van der Waals surface area (Å²) < 4.78 is 13.9. The van der Waals surface area contributed by atoms with E-state index in [4.69, 9.17) is 5.11 Å². The Labute approximate surface area is 68.6 Å². The zero-order valence-electron chi connectivity index (χ0n) is 6.70. The predicted molar refractivity (Wildman–Crippen MR) is 44.0 cm³/mol. The second-order valence-corrected chi connectivity index (χ2v) is 4.87. The normalized spacial score (nSPS) is 15.3. The molecule has 64 valence electrons. The smallest absolute Gasteiger partial charge is 0.351 e. The minimum absolute atomic E-state index is 0.494. The molecule has 1 atom stereocenters. The van der Waals surface area contributed by atoms with E-state index in [2.05, 4.69) is 4.40 Å². The van der Waals surface area contributed by atoms with Gasteiger partial charge in [0.2, 0.25) is 0 Å². The second kappa shape index (κ2) is 3.73. The van der Waals surface area contributed by atoms with Crippen LogP contribution in [0.4, 0.5) is 0 Å². The Balaban J connectivity index is 4.07. The van der Waals surface area contributed by atoms with Crippen LogP contribution in [0.1, 0.15) is 20.8 Å². The standard InChI is InChI=1S/C6H11NO3S/c1-6(2,3)11(10)7-4-5(8)9/h4H,1-3H3,(H,8,9)/b7-4+/t11-/m0/s1. The van der Waals surface area contributed by atoms with E-state index in [-0.39, 0.29) is 0 Å². The average Bonchev–Trinajstić information content (AvgIpc) is 1.80. The van der Waals surface area contributed by atoms with Gasteiger partial charge in [-0.25, -0.2) is 4.79 Å². The third-order valence-electron chi connectivity index (χ3n) is 0.783. The molecule has 0 unspecified atom stereocenters. The van der Waals surface area contributed by atoms with Gasteiger partial charge in [0.1, 0.15) is 16.1 Å². The summed E-state index contributed by atoms with van der Waals surface area (Å²) in [6, 6.07) is 0.